The van der Waals surface area contributed by atoms with Crippen molar-refractivity contribution < 1.29 is 9.21 Å². The van der Waals surface area contributed by atoms with Crippen LogP contribution in [-0.2, 0) is 6.42 Å². The molecule has 5 rings (SSSR count). The van der Waals surface area contributed by atoms with Crippen LogP contribution in [0.1, 0.15) is 24.8 Å². The first-order valence-corrected chi connectivity index (χ1v) is 11.1. The van der Waals surface area contributed by atoms with Gasteiger partial charge in [0.05, 0.1) is 6.26 Å². The molecule has 0 bridgehead atoms. The van der Waals surface area contributed by atoms with E-state index in [0.717, 1.165) is 69.7 Å². The van der Waals surface area contributed by atoms with Crippen molar-refractivity contribution in [1.29, 1.82) is 0 Å². The molecule has 2 saturated heterocycles. The molecule has 2 amide bonds. The predicted molar refractivity (Wildman–Crippen MR) is 120 cm³/mol. The van der Waals surface area contributed by atoms with Gasteiger partial charge in [0.25, 0.3) is 0 Å². The van der Waals surface area contributed by atoms with Gasteiger partial charge in [-0.05, 0) is 56.0 Å². The molecule has 0 N–H and O–H groups in total. The Bertz CT molecular complexity index is 992. The van der Waals surface area contributed by atoms with Gasteiger partial charge in [-0.2, -0.15) is 0 Å². The van der Waals surface area contributed by atoms with Crippen molar-refractivity contribution in [2.24, 2.45) is 0 Å². The number of carbonyl (C=O) groups is 1. The lowest BCUT2D eigenvalue weighted by Gasteiger charge is -2.36. The van der Waals surface area contributed by atoms with Crippen LogP contribution in [0.15, 0.2) is 65.3 Å². The summed E-state index contributed by atoms with van der Waals surface area (Å²) in [6.45, 7) is 4.89. The first-order chi connectivity index (χ1) is 14.8. The lowest BCUT2D eigenvalue weighted by molar-refractivity contribution is 0.136. The van der Waals surface area contributed by atoms with E-state index in [1.54, 1.807) is 0 Å². The summed E-state index contributed by atoms with van der Waals surface area (Å²) in [5.74, 6) is 0. The summed E-state index contributed by atoms with van der Waals surface area (Å²) in [4.78, 5) is 19.5. The molecule has 5 nitrogen and oxygen atoms in total. The van der Waals surface area contributed by atoms with Gasteiger partial charge in [0.15, 0.2) is 0 Å². The number of furan rings is 1. The van der Waals surface area contributed by atoms with E-state index >= 15 is 0 Å². The molecular weight excluding hydrogens is 374 g/mol. The van der Waals surface area contributed by atoms with Crippen molar-refractivity contribution in [1.82, 2.24) is 9.80 Å². The molecule has 2 aromatic carbocycles. The molecule has 30 heavy (non-hydrogen) atoms. The van der Waals surface area contributed by atoms with Gasteiger partial charge in [-0.3, -0.25) is 4.90 Å². The lowest BCUT2D eigenvalue weighted by Crippen LogP contribution is -2.46. The summed E-state index contributed by atoms with van der Waals surface area (Å²) in [5, 5.41) is 1.24. The van der Waals surface area contributed by atoms with Crippen LogP contribution in [0, 0.1) is 0 Å². The molecule has 0 saturated carbocycles. The maximum Gasteiger partial charge on any atom is 0.324 e. The molecule has 0 unspecified atom stereocenters. The van der Waals surface area contributed by atoms with Gasteiger partial charge in [-0.1, -0.05) is 36.4 Å². The molecule has 0 atom stereocenters. The van der Waals surface area contributed by atoms with Crippen LogP contribution in [-0.4, -0.2) is 54.6 Å². The summed E-state index contributed by atoms with van der Waals surface area (Å²) in [6.07, 6.45) is 6.24. The van der Waals surface area contributed by atoms with E-state index < -0.39 is 0 Å². The van der Waals surface area contributed by atoms with Crippen LogP contribution in [0.4, 0.5) is 10.5 Å². The zero-order valence-electron chi connectivity index (χ0n) is 17.4. The van der Waals surface area contributed by atoms with Crippen molar-refractivity contribution in [2.45, 2.75) is 31.7 Å². The number of anilines is 1. The summed E-state index contributed by atoms with van der Waals surface area (Å²) < 4.78 is 5.66. The van der Waals surface area contributed by atoms with Crippen LogP contribution in [0.3, 0.4) is 0 Å². The minimum absolute atomic E-state index is 0.173. The molecule has 3 heterocycles. The highest BCUT2D eigenvalue weighted by molar-refractivity contribution is 5.94. The van der Waals surface area contributed by atoms with Gasteiger partial charge in [-0.25, -0.2) is 4.79 Å². The van der Waals surface area contributed by atoms with Crippen molar-refractivity contribution in [3.05, 3.63) is 66.4 Å². The number of carbonyl (C=O) groups excluding carboxylic acids is 1. The van der Waals surface area contributed by atoms with Crippen molar-refractivity contribution in [3.8, 4) is 0 Å². The zero-order valence-corrected chi connectivity index (χ0v) is 17.4. The largest absolute Gasteiger partial charge is 0.464 e. The molecule has 1 aromatic heterocycles. The van der Waals surface area contributed by atoms with E-state index in [-0.39, 0.29) is 6.03 Å². The molecule has 2 aliphatic rings. The van der Waals surface area contributed by atoms with Crippen LogP contribution in [0.5, 0.6) is 0 Å². The number of likely N-dealkylation sites (tertiary alicyclic amines) is 1. The molecule has 3 aromatic rings. The normalized spacial score (nSPS) is 18.6. The Labute approximate surface area is 177 Å². The van der Waals surface area contributed by atoms with E-state index in [1.165, 1.54) is 10.9 Å². The second-order valence-corrected chi connectivity index (χ2v) is 8.40. The number of para-hydroxylation sites is 2. The second-order valence-electron chi connectivity index (χ2n) is 8.40. The van der Waals surface area contributed by atoms with E-state index in [0.29, 0.717) is 6.04 Å². The average molecular weight is 404 g/mol. The van der Waals surface area contributed by atoms with Gasteiger partial charge >= 0.3 is 6.03 Å². The Morgan fingerprint density at radius 3 is 2.50 bits per heavy atom. The molecule has 2 aliphatic heterocycles. The van der Waals surface area contributed by atoms with E-state index in [1.807, 2.05) is 53.6 Å². The molecule has 2 fully saturated rings. The van der Waals surface area contributed by atoms with Gasteiger partial charge in [0, 0.05) is 43.3 Å². The highest BCUT2D eigenvalue weighted by Gasteiger charge is 2.35. The third kappa shape index (κ3) is 3.82. The summed E-state index contributed by atoms with van der Waals surface area (Å²) >= 11 is 0. The smallest absolute Gasteiger partial charge is 0.324 e. The van der Waals surface area contributed by atoms with E-state index in [2.05, 4.69) is 21.9 Å². The third-order valence-corrected chi connectivity index (χ3v) is 6.59. The minimum atomic E-state index is 0.173. The highest BCUT2D eigenvalue weighted by Crippen LogP contribution is 2.26. The fourth-order valence-electron chi connectivity index (χ4n) is 4.91. The Kier molecular flexibility index (Phi) is 5.45. The Hall–Kier alpha value is -2.79. The third-order valence-electron chi connectivity index (χ3n) is 6.59. The first kappa shape index (κ1) is 19.2. The monoisotopic (exact) mass is 403 g/mol. The van der Waals surface area contributed by atoms with Crippen LogP contribution in [0.25, 0.3) is 11.0 Å². The number of hydrogen-bond acceptors (Lipinski definition) is 3. The van der Waals surface area contributed by atoms with Crippen LogP contribution >= 0.6 is 0 Å². The van der Waals surface area contributed by atoms with Crippen molar-refractivity contribution in [3.63, 3.8) is 0 Å². The van der Waals surface area contributed by atoms with Crippen LogP contribution in [0.2, 0.25) is 0 Å². The maximum atomic E-state index is 12.9. The topological polar surface area (TPSA) is 39.9 Å². The number of rotatable bonds is 6. The number of benzene rings is 2. The zero-order chi connectivity index (χ0) is 20.3. The van der Waals surface area contributed by atoms with Crippen LogP contribution < -0.4 is 4.90 Å². The maximum absolute atomic E-state index is 12.9. The number of hydrogen-bond donors (Lipinski definition) is 0. The lowest BCUT2D eigenvalue weighted by atomic mass is 10.0. The Morgan fingerprint density at radius 1 is 0.900 bits per heavy atom. The number of aryl methyl sites for hydroxylation is 1. The Balaban J connectivity index is 1.10. The van der Waals surface area contributed by atoms with Gasteiger partial charge in [0.1, 0.15) is 5.58 Å². The fourth-order valence-corrected chi connectivity index (χ4v) is 4.91. The molecule has 0 aliphatic carbocycles. The SMILES string of the molecule is O=C1N(c2ccccc2)CCN1C1CCN(CCCc2coc3ccccc23)CC1. The van der Waals surface area contributed by atoms with E-state index in [4.69, 9.17) is 4.42 Å². The summed E-state index contributed by atoms with van der Waals surface area (Å²) in [5.41, 5.74) is 3.30. The van der Waals surface area contributed by atoms with Gasteiger partial charge < -0.3 is 14.2 Å². The number of nitrogens with zero attached hydrogens (tertiary/aromatic N) is 3. The van der Waals surface area contributed by atoms with E-state index in [9.17, 15) is 4.79 Å². The predicted octanol–water partition coefficient (Wildman–Crippen LogP) is 4.77. The fraction of sp³-hybridized carbons (Fsp3) is 0.400. The van der Waals surface area contributed by atoms with Gasteiger partial charge in [-0.15, -0.1) is 0 Å². The molecule has 156 valence electrons. The number of amides is 2. The minimum Gasteiger partial charge on any atom is -0.464 e. The molecule has 0 spiro atoms. The second kappa shape index (κ2) is 8.52. The van der Waals surface area contributed by atoms with Crippen molar-refractivity contribution >= 4 is 22.7 Å². The molecule has 0 radical (unpaired) electrons. The van der Waals surface area contributed by atoms with Crippen molar-refractivity contribution in [2.75, 3.05) is 37.6 Å². The van der Waals surface area contributed by atoms with Gasteiger partial charge in [0.2, 0.25) is 0 Å². The number of fused-ring (bicyclic) bond motifs is 1. The molecule has 5 heteroatoms. The average Bonchev–Trinajstić information content (AvgIpc) is 3.39. The first-order valence-electron chi connectivity index (χ1n) is 11.1. The quantitative estimate of drug-likeness (QED) is 0.595. The summed E-state index contributed by atoms with van der Waals surface area (Å²) in [7, 11) is 0. The Morgan fingerprint density at radius 2 is 1.67 bits per heavy atom. The standard InChI is InChI=1S/C25H29N3O2/c29-25-27(21-8-2-1-3-9-21)17-18-28(25)22-12-15-26(16-13-22)14-6-7-20-19-30-24-11-5-4-10-23(20)24/h1-5,8-11,19,22H,6-7,12-18H2. The highest BCUT2D eigenvalue weighted by atomic mass is 16.3. The number of piperidine rings is 1. The molecular formula is C25H29N3O2. The summed E-state index contributed by atoms with van der Waals surface area (Å²) in [6, 6.07) is 18.8. The number of urea groups is 1.